The zero-order valence-electron chi connectivity index (χ0n) is 19.1. The standard InChI is InChI=1S/C26H32FN3O3/c1-21-11-15-30(28-21)17-18-32-23-9-7-22(8-10-23)19-29-14-4-12-26(31,13-16-29)20-33-25-6-3-2-5-24(25)27/h2-3,5-11,15,31H,4,12-14,16-20H2,1H3/t26-/m1/s1. The van der Waals surface area contributed by atoms with Gasteiger partial charge in [-0.05, 0) is 68.6 Å². The summed E-state index contributed by atoms with van der Waals surface area (Å²) >= 11 is 0. The van der Waals surface area contributed by atoms with Gasteiger partial charge in [0.2, 0.25) is 0 Å². The first-order chi connectivity index (χ1) is 16.0. The Kier molecular flexibility index (Phi) is 7.62. The maximum absolute atomic E-state index is 13.8. The predicted molar refractivity (Wildman–Crippen MR) is 125 cm³/mol. The van der Waals surface area contributed by atoms with E-state index in [1.807, 2.05) is 36.0 Å². The average Bonchev–Trinajstić information content (AvgIpc) is 3.13. The Morgan fingerprint density at radius 3 is 2.61 bits per heavy atom. The highest BCUT2D eigenvalue weighted by atomic mass is 19.1. The lowest BCUT2D eigenvalue weighted by molar-refractivity contribution is -0.0177. The Labute approximate surface area is 194 Å². The van der Waals surface area contributed by atoms with E-state index in [0.717, 1.165) is 37.5 Å². The quantitative estimate of drug-likeness (QED) is 0.526. The van der Waals surface area contributed by atoms with Crippen LogP contribution in [0.1, 0.15) is 30.5 Å². The minimum Gasteiger partial charge on any atom is -0.492 e. The van der Waals surface area contributed by atoms with Gasteiger partial charge in [0.25, 0.3) is 0 Å². The van der Waals surface area contributed by atoms with E-state index in [1.165, 1.54) is 11.6 Å². The first-order valence-corrected chi connectivity index (χ1v) is 11.5. The third-order valence-corrected chi connectivity index (χ3v) is 6.04. The number of hydrogen-bond donors (Lipinski definition) is 1. The van der Waals surface area contributed by atoms with Crippen LogP contribution in [0.15, 0.2) is 60.8 Å². The number of rotatable bonds is 9. The summed E-state index contributed by atoms with van der Waals surface area (Å²) in [4.78, 5) is 2.34. The van der Waals surface area contributed by atoms with Gasteiger partial charge in [0.1, 0.15) is 19.0 Å². The van der Waals surface area contributed by atoms with Crippen molar-refractivity contribution in [3.8, 4) is 11.5 Å². The largest absolute Gasteiger partial charge is 0.492 e. The van der Waals surface area contributed by atoms with Gasteiger partial charge in [-0.25, -0.2) is 4.39 Å². The van der Waals surface area contributed by atoms with Gasteiger partial charge in [0.15, 0.2) is 11.6 Å². The SMILES string of the molecule is Cc1ccn(CCOc2ccc(CN3CCC[C@](O)(COc4ccccc4F)CC3)cc2)n1. The van der Waals surface area contributed by atoms with Gasteiger partial charge in [-0.15, -0.1) is 0 Å². The third kappa shape index (κ3) is 6.79. The van der Waals surface area contributed by atoms with Crippen LogP contribution in [0.4, 0.5) is 4.39 Å². The van der Waals surface area contributed by atoms with Crippen molar-refractivity contribution in [1.82, 2.24) is 14.7 Å². The van der Waals surface area contributed by atoms with Gasteiger partial charge in [-0.3, -0.25) is 9.58 Å². The maximum Gasteiger partial charge on any atom is 0.165 e. The second kappa shape index (κ2) is 10.8. The van der Waals surface area contributed by atoms with Crippen molar-refractivity contribution in [2.75, 3.05) is 26.3 Å². The molecule has 1 N–H and O–H groups in total. The lowest BCUT2D eigenvalue weighted by atomic mass is 9.96. The summed E-state index contributed by atoms with van der Waals surface area (Å²) in [6.07, 6.45) is 4.05. The van der Waals surface area contributed by atoms with Crippen molar-refractivity contribution in [2.45, 2.75) is 44.9 Å². The van der Waals surface area contributed by atoms with Crippen LogP contribution in [-0.4, -0.2) is 51.7 Å². The number of nitrogens with zero attached hydrogens (tertiary/aromatic N) is 3. The molecule has 33 heavy (non-hydrogen) atoms. The Bertz CT molecular complexity index is 1020. The van der Waals surface area contributed by atoms with Crippen molar-refractivity contribution in [2.24, 2.45) is 0 Å². The summed E-state index contributed by atoms with van der Waals surface area (Å²) in [5.74, 6) is 0.632. The number of aromatic nitrogens is 2. The first-order valence-electron chi connectivity index (χ1n) is 11.5. The predicted octanol–water partition coefficient (Wildman–Crippen LogP) is 4.21. The molecule has 1 fully saturated rings. The van der Waals surface area contributed by atoms with Crippen LogP contribution >= 0.6 is 0 Å². The summed E-state index contributed by atoms with van der Waals surface area (Å²) in [7, 11) is 0. The van der Waals surface area contributed by atoms with E-state index in [9.17, 15) is 9.50 Å². The molecular formula is C26H32FN3O3. The molecule has 6 nitrogen and oxygen atoms in total. The molecule has 1 atom stereocenters. The third-order valence-electron chi connectivity index (χ3n) is 6.04. The fourth-order valence-corrected chi connectivity index (χ4v) is 4.11. The maximum atomic E-state index is 13.8. The van der Waals surface area contributed by atoms with Gasteiger partial charge in [-0.2, -0.15) is 5.10 Å². The van der Waals surface area contributed by atoms with E-state index in [1.54, 1.807) is 18.2 Å². The molecule has 2 heterocycles. The summed E-state index contributed by atoms with van der Waals surface area (Å²) in [6, 6.07) is 16.5. The molecule has 0 aliphatic carbocycles. The van der Waals surface area contributed by atoms with E-state index in [-0.39, 0.29) is 12.4 Å². The molecule has 1 aliphatic heterocycles. The van der Waals surface area contributed by atoms with E-state index in [4.69, 9.17) is 9.47 Å². The summed E-state index contributed by atoms with van der Waals surface area (Å²) in [5.41, 5.74) is 1.27. The molecule has 0 unspecified atom stereocenters. The van der Waals surface area contributed by atoms with Crippen molar-refractivity contribution < 1.29 is 19.0 Å². The molecule has 0 radical (unpaired) electrons. The minimum absolute atomic E-state index is 0.103. The molecule has 2 aromatic carbocycles. The van der Waals surface area contributed by atoms with Gasteiger partial charge in [0, 0.05) is 19.3 Å². The highest BCUT2D eigenvalue weighted by Crippen LogP contribution is 2.26. The fraction of sp³-hybridized carbons (Fsp3) is 0.423. The van der Waals surface area contributed by atoms with E-state index in [0.29, 0.717) is 26.0 Å². The number of aliphatic hydroxyl groups is 1. The lowest BCUT2D eigenvalue weighted by Crippen LogP contribution is -2.37. The Balaban J connectivity index is 1.22. The average molecular weight is 454 g/mol. The molecule has 3 aromatic rings. The van der Waals surface area contributed by atoms with E-state index in [2.05, 4.69) is 22.1 Å². The van der Waals surface area contributed by atoms with Crippen molar-refractivity contribution in [3.05, 3.63) is 77.9 Å². The molecule has 0 amide bonds. The zero-order chi connectivity index (χ0) is 23.1. The molecule has 7 heteroatoms. The Morgan fingerprint density at radius 2 is 1.85 bits per heavy atom. The second-order valence-corrected chi connectivity index (χ2v) is 8.79. The molecule has 1 aromatic heterocycles. The molecule has 0 saturated carbocycles. The van der Waals surface area contributed by atoms with Crippen molar-refractivity contribution >= 4 is 0 Å². The minimum atomic E-state index is -0.943. The highest BCUT2D eigenvalue weighted by molar-refractivity contribution is 5.27. The normalized spacial score (nSPS) is 19.2. The summed E-state index contributed by atoms with van der Waals surface area (Å²) in [5, 5.41) is 15.4. The fourth-order valence-electron chi connectivity index (χ4n) is 4.11. The van der Waals surface area contributed by atoms with Crippen LogP contribution < -0.4 is 9.47 Å². The van der Waals surface area contributed by atoms with Crippen LogP contribution in [0, 0.1) is 12.7 Å². The highest BCUT2D eigenvalue weighted by Gasteiger charge is 2.31. The van der Waals surface area contributed by atoms with Crippen LogP contribution in [-0.2, 0) is 13.1 Å². The molecule has 4 rings (SSSR count). The van der Waals surface area contributed by atoms with E-state index < -0.39 is 11.4 Å². The Hall–Kier alpha value is -2.90. The van der Waals surface area contributed by atoms with Crippen LogP contribution in [0.25, 0.3) is 0 Å². The number of halogens is 1. The van der Waals surface area contributed by atoms with Gasteiger partial charge < -0.3 is 14.6 Å². The Morgan fingerprint density at radius 1 is 1.03 bits per heavy atom. The van der Waals surface area contributed by atoms with Crippen LogP contribution in [0.5, 0.6) is 11.5 Å². The number of para-hydroxylation sites is 1. The molecule has 1 aliphatic rings. The van der Waals surface area contributed by atoms with Crippen LogP contribution in [0.3, 0.4) is 0 Å². The van der Waals surface area contributed by atoms with Crippen molar-refractivity contribution in [1.29, 1.82) is 0 Å². The lowest BCUT2D eigenvalue weighted by Gasteiger charge is -2.27. The molecular weight excluding hydrogens is 421 g/mol. The smallest absolute Gasteiger partial charge is 0.165 e. The summed E-state index contributed by atoms with van der Waals surface area (Å²) < 4.78 is 27.1. The second-order valence-electron chi connectivity index (χ2n) is 8.79. The molecule has 176 valence electrons. The molecule has 1 saturated heterocycles. The van der Waals surface area contributed by atoms with E-state index >= 15 is 0 Å². The van der Waals surface area contributed by atoms with Crippen LogP contribution in [0.2, 0.25) is 0 Å². The summed E-state index contributed by atoms with van der Waals surface area (Å²) in [6.45, 7) is 5.85. The monoisotopic (exact) mass is 453 g/mol. The topological polar surface area (TPSA) is 59.8 Å². The zero-order valence-corrected chi connectivity index (χ0v) is 19.1. The van der Waals surface area contributed by atoms with Crippen molar-refractivity contribution in [3.63, 3.8) is 0 Å². The number of aryl methyl sites for hydroxylation is 1. The number of benzene rings is 2. The van der Waals surface area contributed by atoms with Gasteiger partial charge in [-0.1, -0.05) is 24.3 Å². The van der Waals surface area contributed by atoms with Gasteiger partial charge in [0.05, 0.1) is 17.8 Å². The first kappa shape index (κ1) is 23.3. The number of hydrogen-bond acceptors (Lipinski definition) is 5. The van der Waals surface area contributed by atoms with Gasteiger partial charge >= 0.3 is 0 Å². The number of likely N-dealkylation sites (tertiary alicyclic amines) is 1. The molecule has 0 bridgehead atoms. The molecule has 0 spiro atoms. The number of ether oxygens (including phenoxy) is 2.